The maximum atomic E-state index is 6.11. The van der Waals surface area contributed by atoms with Crippen LogP contribution in [0, 0.1) is 0 Å². The van der Waals surface area contributed by atoms with Crippen molar-refractivity contribution in [3.8, 4) is 11.5 Å². The van der Waals surface area contributed by atoms with E-state index in [-0.39, 0.29) is 0 Å². The summed E-state index contributed by atoms with van der Waals surface area (Å²) in [6.07, 6.45) is 0. The molecule has 0 saturated heterocycles. The van der Waals surface area contributed by atoms with E-state index in [4.69, 9.17) is 26.8 Å². The molecule has 0 bridgehead atoms. The van der Waals surface area contributed by atoms with Crippen molar-refractivity contribution in [3.05, 3.63) is 22.2 Å². The third kappa shape index (κ3) is 2.25. The van der Waals surface area contributed by atoms with E-state index in [2.05, 4.69) is 13.8 Å². The zero-order valence-corrected chi connectivity index (χ0v) is 10.9. The van der Waals surface area contributed by atoms with Gasteiger partial charge in [0.25, 0.3) is 0 Å². The molecular weight excluding hydrogens is 226 g/mol. The van der Waals surface area contributed by atoms with Crippen LogP contribution >= 0.6 is 11.6 Å². The predicted octanol–water partition coefficient (Wildman–Crippen LogP) is 2.94. The molecule has 0 aliphatic rings. The molecule has 0 fully saturated rings. The Bertz CT molecular complexity index is 378. The molecule has 90 valence electrons. The van der Waals surface area contributed by atoms with Gasteiger partial charge in [0, 0.05) is 12.1 Å². The molecule has 16 heavy (non-hydrogen) atoms. The van der Waals surface area contributed by atoms with Gasteiger partial charge in [0.2, 0.25) is 0 Å². The van der Waals surface area contributed by atoms with Crippen molar-refractivity contribution in [2.75, 3.05) is 14.2 Å². The molecule has 4 heteroatoms. The lowest BCUT2D eigenvalue weighted by molar-refractivity contribution is 0.350. The second kappa shape index (κ2) is 5.41. The van der Waals surface area contributed by atoms with E-state index in [1.807, 2.05) is 6.07 Å². The van der Waals surface area contributed by atoms with Crippen LogP contribution in [0.4, 0.5) is 0 Å². The molecule has 1 rings (SSSR count). The van der Waals surface area contributed by atoms with E-state index in [0.717, 1.165) is 11.1 Å². The summed E-state index contributed by atoms with van der Waals surface area (Å²) in [5, 5.41) is 0.532. The summed E-state index contributed by atoms with van der Waals surface area (Å²) in [5.41, 5.74) is 7.78. The Kier molecular flexibility index (Phi) is 4.44. The first-order chi connectivity index (χ1) is 7.56. The number of halogens is 1. The summed E-state index contributed by atoms with van der Waals surface area (Å²) < 4.78 is 10.6. The maximum Gasteiger partial charge on any atom is 0.179 e. The predicted molar refractivity (Wildman–Crippen MR) is 66.5 cm³/mol. The fraction of sp³-hybridized carbons (Fsp3) is 0.500. The third-order valence-electron chi connectivity index (χ3n) is 2.52. The van der Waals surface area contributed by atoms with E-state index in [1.165, 1.54) is 0 Å². The van der Waals surface area contributed by atoms with Gasteiger partial charge >= 0.3 is 0 Å². The Morgan fingerprint density at radius 2 is 1.81 bits per heavy atom. The average Bonchev–Trinajstić information content (AvgIpc) is 2.26. The second-order valence-corrected chi connectivity index (χ2v) is 4.26. The zero-order valence-electron chi connectivity index (χ0n) is 10.1. The smallest absolute Gasteiger partial charge is 0.179 e. The van der Waals surface area contributed by atoms with Crippen molar-refractivity contribution in [2.45, 2.75) is 26.3 Å². The lowest BCUT2D eigenvalue weighted by atomic mass is 9.95. The zero-order chi connectivity index (χ0) is 12.3. The summed E-state index contributed by atoms with van der Waals surface area (Å²) >= 11 is 6.11. The van der Waals surface area contributed by atoms with Gasteiger partial charge in [0.15, 0.2) is 11.5 Å². The van der Waals surface area contributed by atoms with Gasteiger partial charge in [0.05, 0.1) is 19.2 Å². The molecule has 0 amide bonds. The fourth-order valence-electron chi connectivity index (χ4n) is 1.87. The van der Waals surface area contributed by atoms with Crippen LogP contribution in [-0.2, 0) is 6.54 Å². The van der Waals surface area contributed by atoms with Crippen LogP contribution in [0.25, 0.3) is 0 Å². The van der Waals surface area contributed by atoms with Gasteiger partial charge in [-0.15, -0.1) is 0 Å². The van der Waals surface area contributed by atoms with E-state index in [1.54, 1.807) is 14.2 Å². The van der Waals surface area contributed by atoms with Crippen LogP contribution in [0.15, 0.2) is 6.07 Å². The normalized spacial score (nSPS) is 10.7. The van der Waals surface area contributed by atoms with Gasteiger partial charge < -0.3 is 15.2 Å². The Labute approximate surface area is 101 Å². The summed E-state index contributed by atoms with van der Waals surface area (Å²) in [7, 11) is 3.19. The summed E-state index contributed by atoms with van der Waals surface area (Å²) in [5.74, 6) is 1.56. The van der Waals surface area contributed by atoms with E-state index in [0.29, 0.717) is 29.0 Å². The maximum absolute atomic E-state index is 6.11. The van der Waals surface area contributed by atoms with Crippen LogP contribution in [0.5, 0.6) is 11.5 Å². The number of rotatable bonds is 4. The van der Waals surface area contributed by atoms with Crippen molar-refractivity contribution in [1.82, 2.24) is 0 Å². The lowest BCUT2D eigenvalue weighted by Crippen LogP contribution is -2.07. The van der Waals surface area contributed by atoms with Crippen LogP contribution in [0.3, 0.4) is 0 Å². The highest BCUT2D eigenvalue weighted by Crippen LogP contribution is 2.42. The monoisotopic (exact) mass is 243 g/mol. The Hall–Kier alpha value is -0.930. The average molecular weight is 244 g/mol. The molecule has 3 nitrogen and oxygen atoms in total. The molecule has 2 N–H and O–H groups in total. The van der Waals surface area contributed by atoms with Gasteiger partial charge in [-0.2, -0.15) is 0 Å². The number of benzene rings is 1. The van der Waals surface area contributed by atoms with Gasteiger partial charge in [0.1, 0.15) is 0 Å². The van der Waals surface area contributed by atoms with Crippen LogP contribution in [-0.4, -0.2) is 14.2 Å². The third-order valence-corrected chi connectivity index (χ3v) is 2.80. The minimum atomic E-state index is 0.305. The minimum absolute atomic E-state index is 0.305. The molecule has 0 aliphatic carbocycles. The number of ether oxygens (including phenoxy) is 2. The van der Waals surface area contributed by atoms with Crippen LogP contribution in [0.2, 0.25) is 5.02 Å². The molecule has 0 aromatic heterocycles. The highest BCUT2D eigenvalue weighted by molar-refractivity contribution is 6.32. The molecule has 1 aromatic rings. The fourth-order valence-corrected chi connectivity index (χ4v) is 2.16. The molecule has 0 atom stereocenters. The topological polar surface area (TPSA) is 44.5 Å². The first-order valence-corrected chi connectivity index (χ1v) is 5.57. The highest BCUT2D eigenvalue weighted by atomic mass is 35.5. The van der Waals surface area contributed by atoms with Crippen LogP contribution < -0.4 is 15.2 Å². The van der Waals surface area contributed by atoms with Crippen LogP contribution in [0.1, 0.15) is 30.9 Å². The molecule has 0 unspecified atom stereocenters. The molecular formula is C12H18ClNO2. The van der Waals surface area contributed by atoms with E-state index < -0.39 is 0 Å². The highest BCUT2D eigenvalue weighted by Gasteiger charge is 2.20. The SMILES string of the molecule is COc1c(Cl)cc(CN)c(C(C)C)c1OC. The standard InChI is InChI=1S/C12H18ClNO2/c1-7(2)10-8(6-14)5-9(13)11(15-3)12(10)16-4/h5,7H,6,14H2,1-4H3. The molecule has 0 aliphatic heterocycles. The Balaban J connectivity index is 3.52. The molecule has 0 spiro atoms. The first-order valence-electron chi connectivity index (χ1n) is 5.20. The van der Waals surface area contributed by atoms with Crippen molar-refractivity contribution in [3.63, 3.8) is 0 Å². The Morgan fingerprint density at radius 1 is 1.25 bits per heavy atom. The van der Waals surface area contributed by atoms with Gasteiger partial charge in [-0.3, -0.25) is 0 Å². The first kappa shape index (κ1) is 13.1. The minimum Gasteiger partial charge on any atom is -0.492 e. The quantitative estimate of drug-likeness (QED) is 0.884. The summed E-state index contributed by atoms with van der Waals surface area (Å²) in [4.78, 5) is 0. The van der Waals surface area contributed by atoms with Crippen molar-refractivity contribution < 1.29 is 9.47 Å². The van der Waals surface area contributed by atoms with Gasteiger partial charge in [-0.1, -0.05) is 25.4 Å². The number of methoxy groups -OCH3 is 2. The van der Waals surface area contributed by atoms with Gasteiger partial charge in [-0.05, 0) is 17.5 Å². The molecule has 0 radical (unpaired) electrons. The van der Waals surface area contributed by atoms with Crippen molar-refractivity contribution >= 4 is 11.6 Å². The van der Waals surface area contributed by atoms with Crippen molar-refractivity contribution in [1.29, 1.82) is 0 Å². The molecule has 1 aromatic carbocycles. The largest absolute Gasteiger partial charge is 0.492 e. The number of hydrogen-bond acceptors (Lipinski definition) is 3. The summed E-state index contributed by atoms with van der Waals surface area (Å²) in [6, 6.07) is 1.85. The number of hydrogen-bond donors (Lipinski definition) is 1. The molecule has 0 heterocycles. The lowest BCUT2D eigenvalue weighted by Gasteiger charge is -2.19. The summed E-state index contributed by atoms with van der Waals surface area (Å²) in [6.45, 7) is 4.61. The van der Waals surface area contributed by atoms with Crippen molar-refractivity contribution in [2.24, 2.45) is 5.73 Å². The van der Waals surface area contributed by atoms with E-state index in [9.17, 15) is 0 Å². The second-order valence-electron chi connectivity index (χ2n) is 3.86. The van der Waals surface area contributed by atoms with Gasteiger partial charge in [-0.25, -0.2) is 0 Å². The van der Waals surface area contributed by atoms with E-state index >= 15 is 0 Å². The Morgan fingerprint density at radius 3 is 2.19 bits per heavy atom. The number of nitrogens with two attached hydrogens (primary N) is 1. The molecule has 0 saturated carbocycles.